The summed E-state index contributed by atoms with van der Waals surface area (Å²) in [5.74, 6) is 1.91. The summed E-state index contributed by atoms with van der Waals surface area (Å²) in [6.07, 6.45) is 1.17. The van der Waals surface area contributed by atoms with E-state index in [2.05, 4.69) is 30.4 Å². The molecular weight excluding hydrogens is 250 g/mol. The van der Waals surface area contributed by atoms with Crippen LogP contribution in [-0.2, 0) is 6.42 Å². The van der Waals surface area contributed by atoms with E-state index in [0.717, 1.165) is 30.2 Å². The van der Waals surface area contributed by atoms with Gasteiger partial charge >= 0.3 is 0 Å². The lowest BCUT2D eigenvalue weighted by molar-refractivity contribution is 0.246. The van der Waals surface area contributed by atoms with E-state index in [0.29, 0.717) is 0 Å². The molecular formula is C17H19NO2. The molecule has 3 heteroatoms. The summed E-state index contributed by atoms with van der Waals surface area (Å²) >= 11 is 0. The van der Waals surface area contributed by atoms with Crippen molar-refractivity contribution in [3.05, 3.63) is 53.6 Å². The van der Waals surface area contributed by atoms with Crippen molar-refractivity contribution < 1.29 is 9.47 Å². The van der Waals surface area contributed by atoms with E-state index in [1.807, 2.05) is 24.3 Å². The Morgan fingerprint density at radius 2 is 2.10 bits per heavy atom. The lowest BCUT2D eigenvalue weighted by atomic mass is 10.1. The summed E-state index contributed by atoms with van der Waals surface area (Å²) in [5, 5.41) is 3.46. The Bertz CT molecular complexity index is 585. The molecule has 0 spiro atoms. The average Bonchev–Trinajstić information content (AvgIpc) is 2.88. The van der Waals surface area contributed by atoms with E-state index in [-0.39, 0.29) is 6.10 Å². The third-order valence-electron chi connectivity index (χ3n) is 3.67. The molecule has 1 heterocycles. The number of anilines is 1. The molecule has 3 rings (SSSR count). The zero-order chi connectivity index (χ0) is 13.9. The lowest BCUT2D eigenvalue weighted by Gasteiger charge is -2.15. The monoisotopic (exact) mass is 269 g/mol. The van der Waals surface area contributed by atoms with Crippen LogP contribution in [0.3, 0.4) is 0 Å². The number of hydrogen-bond acceptors (Lipinski definition) is 3. The highest BCUT2D eigenvalue weighted by Gasteiger charge is 2.21. The van der Waals surface area contributed by atoms with Crippen LogP contribution in [0.5, 0.6) is 11.5 Å². The van der Waals surface area contributed by atoms with Gasteiger partial charge in [0.1, 0.15) is 17.6 Å². The minimum Gasteiger partial charge on any atom is -0.497 e. The maximum absolute atomic E-state index is 5.93. The molecule has 0 radical (unpaired) electrons. The van der Waals surface area contributed by atoms with Gasteiger partial charge in [0.05, 0.1) is 13.7 Å². The predicted octanol–water partition coefficient (Wildman–Crippen LogP) is 3.42. The summed E-state index contributed by atoms with van der Waals surface area (Å²) in [6.45, 7) is 2.89. The van der Waals surface area contributed by atoms with Gasteiger partial charge in [0.25, 0.3) is 0 Å². The van der Waals surface area contributed by atoms with E-state index in [4.69, 9.17) is 9.47 Å². The van der Waals surface area contributed by atoms with Gasteiger partial charge in [0, 0.05) is 12.1 Å². The smallest absolute Gasteiger partial charge is 0.123 e. The Balaban J connectivity index is 1.61. The first-order chi connectivity index (χ1) is 9.76. The molecule has 1 aliphatic heterocycles. The highest BCUT2D eigenvalue weighted by atomic mass is 16.5. The van der Waals surface area contributed by atoms with Crippen LogP contribution in [-0.4, -0.2) is 19.8 Å². The third kappa shape index (κ3) is 2.57. The van der Waals surface area contributed by atoms with Gasteiger partial charge in [-0.1, -0.05) is 18.2 Å². The summed E-state index contributed by atoms with van der Waals surface area (Å²) in [5.41, 5.74) is 3.61. The quantitative estimate of drug-likeness (QED) is 0.922. The number of methoxy groups -OCH3 is 1. The molecule has 1 atom stereocenters. The third-order valence-corrected chi connectivity index (χ3v) is 3.67. The number of nitrogens with one attached hydrogen (secondary N) is 1. The topological polar surface area (TPSA) is 30.5 Å². The zero-order valence-electron chi connectivity index (χ0n) is 11.8. The summed E-state index contributed by atoms with van der Waals surface area (Å²) in [6, 6.07) is 14.3. The van der Waals surface area contributed by atoms with Gasteiger partial charge in [-0.15, -0.1) is 0 Å². The fourth-order valence-corrected chi connectivity index (χ4v) is 2.55. The van der Waals surface area contributed by atoms with Crippen LogP contribution in [0, 0.1) is 6.92 Å². The molecule has 0 amide bonds. The maximum Gasteiger partial charge on any atom is 0.123 e. The molecule has 0 saturated carbocycles. The number of fused-ring (bicyclic) bond motifs is 1. The van der Waals surface area contributed by atoms with Gasteiger partial charge in [0.2, 0.25) is 0 Å². The molecule has 0 aromatic heterocycles. The number of para-hydroxylation sites is 1. The standard InChI is InChI=1S/C17H19NO2/c1-12-9-14(19-2)7-8-16(12)18-11-15-10-13-5-3-4-6-17(13)20-15/h3-9,15,18H,10-11H2,1-2H3. The van der Waals surface area contributed by atoms with Gasteiger partial charge in [-0.05, 0) is 42.3 Å². The van der Waals surface area contributed by atoms with Gasteiger partial charge in [0.15, 0.2) is 0 Å². The number of ether oxygens (including phenoxy) is 2. The zero-order valence-corrected chi connectivity index (χ0v) is 11.8. The predicted molar refractivity (Wildman–Crippen MR) is 80.8 cm³/mol. The highest BCUT2D eigenvalue weighted by Crippen LogP contribution is 2.28. The van der Waals surface area contributed by atoms with Crippen LogP contribution in [0.1, 0.15) is 11.1 Å². The molecule has 0 bridgehead atoms. The number of aryl methyl sites for hydroxylation is 1. The average molecular weight is 269 g/mol. The van der Waals surface area contributed by atoms with Crippen molar-refractivity contribution in [3.63, 3.8) is 0 Å². The Morgan fingerprint density at radius 1 is 1.25 bits per heavy atom. The van der Waals surface area contributed by atoms with Crippen LogP contribution in [0.25, 0.3) is 0 Å². The Labute approximate surface area is 119 Å². The first-order valence-corrected chi connectivity index (χ1v) is 6.89. The highest BCUT2D eigenvalue weighted by molar-refractivity contribution is 5.53. The van der Waals surface area contributed by atoms with Crippen molar-refractivity contribution in [2.24, 2.45) is 0 Å². The molecule has 1 aliphatic rings. The van der Waals surface area contributed by atoms with E-state index in [9.17, 15) is 0 Å². The fourth-order valence-electron chi connectivity index (χ4n) is 2.55. The van der Waals surface area contributed by atoms with Crippen molar-refractivity contribution in [3.8, 4) is 11.5 Å². The second-order valence-corrected chi connectivity index (χ2v) is 5.11. The maximum atomic E-state index is 5.93. The minimum absolute atomic E-state index is 0.203. The molecule has 0 saturated heterocycles. The van der Waals surface area contributed by atoms with Crippen LogP contribution >= 0.6 is 0 Å². The van der Waals surface area contributed by atoms with Crippen molar-refractivity contribution in [1.82, 2.24) is 0 Å². The number of rotatable bonds is 4. The molecule has 0 fully saturated rings. The molecule has 2 aromatic carbocycles. The first kappa shape index (κ1) is 12.9. The summed E-state index contributed by atoms with van der Waals surface area (Å²) in [7, 11) is 1.69. The van der Waals surface area contributed by atoms with E-state index in [1.165, 1.54) is 11.1 Å². The largest absolute Gasteiger partial charge is 0.497 e. The molecule has 104 valence electrons. The minimum atomic E-state index is 0.203. The van der Waals surface area contributed by atoms with Crippen LogP contribution in [0.2, 0.25) is 0 Å². The second kappa shape index (κ2) is 5.45. The van der Waals surface area contributed by atoms with Crippen LogP contribution in [0.15, 0.2) is 42.5 Å². The lowest BCUT2D eigenvalue weighted by Crippen LogP contribution is -2.24. The Kier molecular flexibility index (Phi) is 3.50. The van der Waals surface area contributed by atoms with Gasteiger partial charge in [-0.3, -0.25) is 0 Å². The van der Waals surface area contributed by atoms with Crippen LogP contribution in [0.4, 0.5) is 5.69 Å². The SMILES string of the molecule is COc1ccc(NCC2Cc3ccccc3O2)c(C)c1. The van der Waals surface area contributed by atoms with Crippen molar-refractivity contribution in [2.75, 3.05) is 19.0 Å². The normalized spacial score (nSPS) is 16.4. The van der Waals surface area contributed by atoms with Crippen LogP contribution < -0.4 is 14.8 Å². The molecule has 1 N–H and O–H groups in total. The van der Waals surface area contributed by atoms with E-state index in [1.54, 1.807) is 7.11 Å². The molecule has 0 aliphatic carbocycles. The van der Waals surface area contributed by atoms with E-state index >= 15 is 0 Å². The molecule has 3 nitrogen and oxygen atoms in total. The fraction of sp³-hybridized carbons (Fsp3) is 0.294. The molecule has 1 unspecified atom stereocenters. The van der Waals surface area contributed by atoms with Crippen molar-refractivity contribution >= 4 is 5.69 Å². The van der Waals surface area contributed by atoms with Crippen molar-refractivity contribution in [2.45, 2.75) is 19.4 Å². The van der Waals surface area contributed by atoms with Gasteiger partial charge in [-0.25, -0.2) is 0 Å². The van der Waals surface area contributed by atoms with Gasteiger partial charge in [-0.2, -0.15) is 0 Å². The number of benzene rings is 2. The number of hydrogen-bond donors (Lipinski definition) is 1. The Hall–Kier alpha value is -2.16. The Morgan fingerprint density at radius 3 is 2.85 bits per heavy atom. The molecule has 20 heavy (non-hydrogen) atoms. The van der Waals surface area contributed by atoms with E-state index < -0.39 is 0 Å². The summed E-state index contributed by atoms with van der Waals surface area (Å²) < 4.78 is 11.1. The summed E-state index contributed by atoms with van der Waals surface area (Å²) in [4.78, 5) is 0. The first-order valence-electron chi connectivity index (χ1n) is 6.89. The molecule has 2 aromatic rings. The second-order valence-electron chi connectivity index (χ2n) is 5.11. The van der Waals surface area contributed by atoms with Gasteiger partial charge < -0.3 is 14.8 Å². The van der Waals surface area contributed by atoms with Crippen molar-refractivity contribution in [1.29, 1.82) is 0 Å².